The largest absolute Gasteiger partial charge is 0.392 e. The van der Waals surface area contributed by atoms with E-state index in [0.717, 1.165) is 15.4 Å². The van der Waals surface area contributed by atoms with Gasteiger partial charge in [0.25, 0.3) is 0 Å². The number of terminal acetylenes is 1. The first kappa shape index (κ1) is 14.5. The maximum absolute atomic E-state index is 10.2. The summed E-state index contributed by atoms with van der Waals surface area (Å²) in [6, 6.07) is 0. The van der Waals surface area contributed by atoms with Gasteiger partial charge in [-0.15, -0.1) is 12.3 Å². The van der Waals surface area contributed by atoms with Crippen molar-refractivity contribution >= 4 is 31.9 Å². The molecule has 0 aromatic heterocycles. The number of methoxy groups -OCH3 is 2. The summed E-state index contributed by atoms with van der Waals surface area (Å²) in [5.74, 6) is 1.96. The van der Waals surface area contributed by atoms with Crippen LogP contribution in [-0.2, 0) is 9.47 Å². The van der Waals surface area contributed by atoms with Crippen molar-refractivity contribution in [3.63, 3.8) is 0 Å². The molecular weight excluding hydrogens is 364 g/mol. The van der Waals surface area contributed by atoms with Gasteiger partial charge in [-0.3, -0.25) is 0 Å². The lowest BCUT2D eigenvalue weighted by Crippen LogP contribution is -2.42. The van der Waals surface area contributed by atoms with Gasteiger partial charge in [0.1, 0.15) is 0 Å². The van der Waals surface area contributed by atoms with Gasteiger partial charge in [-0.05, 0) is 12.3 Å². The molecule has 100 valence electrons. The van der Waals surface area contributed by atoms with E-state index in [2.05, 4.69) is 37.8 Å². The topological polar surface area (TPSA) is 38.7 Å². The van der Waals surface area contributed by atoms with Crippen LogP contribution >= 0.6 is 31.9 Å². The summed E-state index contributed by atoms with van der Waals surface area (Å²) in [6.07, 6.45) is 5.93. The van der Waals surface area contributed by atoms with E-state index in [1.807, 2.05) is 0 Å². The standard InChI is InChI=1S/C13H16Br2O3/c1-4-5-9(16)7-6-8-11(14)12(15)10(7)13(8,17-2)18-3/h1,7-10,16H,5-6H2,2-3H3/t7-,8+,9-,10-/m1/s1. The van der Waals surface area contributed by atoms with Crippen LogP contribution in [-0.4, -0.2) is 31.2 Å². The molecule has 0 spiro atoms. The monoisotopic (exact) mass is 378 g/mol. The SMILES string of the molecule is C#CC[C@@H](O)[C@H]1C[C@H]2C(Br)=C(Br)[C@@H]1C2(OC)OC. The first-order chi connectivity index (χ1) is 8.53. The van der Waals surface area contributed by atoms with Crippen LogP contribution in [0.15, 0.2) is 8.96 Å². The molecule has 1 saturated carbocycles. The molecule has 5 heteroatoms. The van der Waals surface area contributed by atoms with Crippen LogP contribution in [0.1, 0.15) is 12.8 Å². The zero-order valence-corrected chi connectivity index (χ0v) is 13.5. The van der Waals surface area contributed by atoms with Gasteiger partial charge >= 0.3 is 0 Å². The average Bonchev–Trinajstić information content (AvgIpc) is 2.80. The molecule has 18 heavy (non-hydrogen) atoms. The van der Waals surface area contributed by atoms with Gasteiger partial charge < -0.3 is 14.6 Å². The zero-order valence-electron chi connectivity index (χ0n) is 10.3. The normalized spacial score (nSPS) is 34.8. The van der Waals surface area contributed by atoms with Crippen molar-refractivity contribution in [1.29, 1.82) is 0 Å². The van der Waals surface area contributed by atoms with Crippen LogP contribution in [0.4, 0.5) is 0 Å². The molecule has 1 N–H and O–H groups in total. The Morgan fingerprint density at radius 2 is 2.06 bits per heavy atom. The van der Waals surface area contributed by atoms with Gasteiger partial charge in [-0.1, -0.05) is 31.9 Å². The predicted molar refractivity (Wildman–Crippen MR) is 76.2 cm³/mol. The molecule has 1 fully saturated rings. The maximum Gasteiger partial charge on any atom is 0.182 e. The number of hydrogen-bond donors (Lipinski definition) is 1. The third kappa shape index (κ3) is 1.82. The van der Waals surface area contributed by atoms with Gasteiger partial charge in [0.05, 0.1) is 12.0 Å². The Kier molecular flexibility index (Phi) is 4.25. The predicted octanol–water partition coefficient (Wildman–Crippen LogP) is 2.63. The summed E-state index contributed by atoms with van der Waals surface area (Å²) in [7, 11) is 3.29. The van der Waals surface area contributed by atoms with Crippen LogP contribution in [0, 0.1) is 30.1 Å². The summed E-state index contributed by atoms with van der Waals surface area (Å²) in [4.78, 5) is 0. The number of rotatable bonds is 4. The van der Waals surface area contributed by atoms with Crippen molar-refractivity contribution in [3.05, 3.63) is 8.96 Å². The lowest BCUT2D eigenvalue weighted by atomic mass is 9.86. The number of fused-ring (bicyclic) bond motifs is 2. The Hall–Kier alpha value is 0.140. The molecule has 2 aliphatic rings. The average molecular weight is 380 g/mol. The quantitative estimate of drug-likeness (QED) is 0.602. The molecule has 2 aliphatic carbocycles. The fourth-order valence-corrected chi connectivity index (χ4v) is 5.01. The third-order valence-corrected chi connectivity index (χ3v) is 6.55. The number of ether oxygens (including phenoxy) is 2. The smallest absolute Gasteiger partial charge is 0.182 e. The minimum Gasteiger partial charge on any atom is -0.392 e. The van der Waals surface area contributed by atoms with E-state index < -0.39 is 11.9 Å². The highest BCUT2D eigenvalue weighted by molar-refractivity contribution is 9.14. The van der Waals surface area contributed by atoms with E-state index in [0.29, 0.717) is 6.42 Å². The number of aliphatic hydroxyl groups excluding tert-OH is 1. The number of hydrogen-bond acceptors (Lipinski definition) is 3. The van der Waals surface area contributed by atoms with Crippen molar-refractivity contribution < 1.29 is 14.6 Å². The van der Waals surface area contributed by atoms with Gasteiger partial charge in [0, 0.05) is 35.5 Å². The molecule has 0 amide bonds. The third-order valence-electron chi connectivity index (χ3n) is 4.12. The molecule has 0 aromatic rings. The Balaban J connectivity index is 2.35. The Morgan fingerprint density at radius 3 is 2.50 bits per heavy atom. The molecule has 0 aliphatic heterocycles. The summed E-state index contributed by atoms with van der Waals surface area (Å²) in [5, 5.41) is 10.2. The fraction of sp³-hybridized carbons (Fsp3) is 0.692. The second-order valence-corrected chi connectivity index (χ2v) is 6.44. The minimum atomic E-state index is -0.697. The van der Waals surface area contributed by atoms with Crippen molar-refractivity contribution in [2.75, 3.05) is 14.2 Å². The molecule has 0 saturated heterocycles. The van der Waals surface area contributed by atoms with Crippen LogP contribution in [0.3, 0.4) is 0 Å². The van der Waals surface area contributed by atoms with Crippen LogP contribution in [0.25, 0.3) is 0 Å². The molecule has 0 heterocycles. The Bertz CT molecular complexity index is 409. The molecule has 3 nitrogen and oxygen atoms in total. The van der Waals surface area contributed by atoms with E-state index in [9.17, 15) is 5.11 Å². The van der Waals surface area contributed by atoms with Gasteiger partial charge in [0.2, 0.25) is 0 Å². The van der Waals surface area contributed by atoms with E-state index in [1.165, 1.54) is 0 Å². The molecule has 2 bridgehead atoms. The van der Waals surface area contributed by atoms with Gasteiger partial charge in [-0.2, -0.15) is 0 Å². The second kappa shape index (κ2) is 5.26. The van der Waals surface area contributed by atoms with E-state index in [4.69, 9.17) is 15.9 Å². The van der Waals surface area contributed by atoms with Crippen LogP contribution < -0.4 is 0 Å². The summed E-state index contributed by atoms with van der Waals surface area (Å²) >= 11 is 7.17. The van der Waals surface area contributed by atoms with Crippen molar-refractivity contribution in [2.45, 2.75) is 24.7 Å². The minimum absolute atomic E-state index is 0.0183. The molecule has 0 aromatic carbocycles. The van der Waals surface area contributed by atoms with Crippen molar-refractivity contribution in [3.8, 4) is 12.3 Å². The Morgan fingerprint density at radius 1 is 1.44 bits per heavy atom. The summed E-state index contributed by atoms with van der Waals surface area (Å²) < 4.78 is 13.4. The van der Waals surface area contributed by atoms with E-state index in [1.54, 1.807) is 14.2 Å². The fourth-order valence-electron chi connectivity index (χ4n) is 3.32. The van der Waals surface area contributed by atoms with Gasteiger partial charge in [-0.25, -0.2) is 0 Å². The lowest BCUT2D eigenvalue weighted by Gasteiger charge is -2.34. The first-order valence-corrected chi connectivity index (χ1v) is 7.39. The molecule has 0 unspecified atom stereocenters. The Labute approximate surface area is 124 Å². The molecule has 2 rings (SSSR count). The molecule has 4 atom stereocenters. The number of halogens is 2. The highest BCUT2D eigenvalue weighted by Gasteiger charge is 2.64. The summed E-state index contributed by atoms with van der Waals surface area (Å²) in [5.41, 5.74) is 0. The van der Waals surface area contributed by atoms with Crippen molar-refractivity contribution in [2.24, 2.45) is 17.8 Å². The lowest BCUT2D eigenvalue weighted by molar-refractivity contribution is -0.234. The second-order valence-electron chi connectivity index (χ2n) is 4.73. The highest BCUT2D eigenvalue weighted by Crippen LogP contribution is 2.63. The first-order valence-electron chi connectivity index (χ1n) is 5.80. The maximum atomic E-state index is 10.2. The van der Waals surface area contributed by atoms with E-state index >= 15 is 0 Å². The molecular formula is C13H16Br2O3. The van der Waals surface area contributed by atoms with E-state index in [-0.39, 0.29) is 17.8 Å². The van der Waals surface area contributed by atoms with Crippen LogP contribution in [0.5, 0.6) is 0 Å². The van der Waals surface area contributed by atoms with Crippen molar-refractivity contribution in [1.82, 2.24) is 0 Å². The van der Waals surface area contributed by atoms with Crippen LogP contribution in [0.2, 0.25) is 0 Å². The molecule has 0 radical (unpaired) electrons. The van der Waals surface area contributed by atoms with Gasteiger partial charge in [0.15, 0.2) is 5.79 Å². The highest BCUT2D eigenvalue weighted by atomic mass is 79.9. The number of aliphatic hydroxyl groups is 1. The summed E-state index contributed by atoms with van der Waals surface area (Å²) in [6.45, 7) is 0. The zero-order chi connectivity index (χ0) is 13.5.